The van der Waals surface area contributed by atoms with Crippen LogP contribution in [0.15, 0.2) is 59.0 Å². The van der Waals surface area contributed by atoms with Crippen molar-refractivity contribution in [3.8, 4) is 11.5 Å². The summed E-state index contributed by atoms with van der Waals surface area (Å²) in [5.41, 5.74) is 1.23. The third-order valence-corrected chi connectivity index (χ3v) is 3.50. The summed E-state index contributed by atoms with van der Waals surface area (Å²) in [6.45, 7) is -2.94. The van der Waals surface area contributed by atoms with Gasteiger partial charge in [0.1, 0.15) is 5.58 Å². The summed E-state index contributed by atoms with van der Waals surface area (Å²) in [6, 6.07) is 13.4. The lowest BCUT2D eigenvalue weighted by Crippen LogP contribution is -2.03. The first-order chi connectivity index (χ1) is 12.1. The summed E-state index contributed by atoms with van der Waals surface area (Å²) in [5, 5.41) is 0.842. The Hall–Kier alpha value is -3.15. The van der Waals surface area contributed by atoms with Gasteiger partial charge in [0.15, 0.2) is 17.3 Å². The van der Waals surface area contributed by atoms with Crippen LogP contribution >= 0.6 is 0 Å². The molecule has 4 nitrogen and oxygen atoms in total. The highest BCUT2D eigenvalue weighted by Gasteiger charge is 2.11. The number of rotatable bonds is 6. The van der Waals surface area contributed by atoms with Gasteiger partial charge in [0.25, 0.3) is 0 Å². The number of halogens is 2. The minimum atomic E-state index is -2.94. The first kappa shape index (κ1) is 16.7. The number of allylic oxidation sites excluding steroid dienone is 1. The summed E-state index contributed by atoms with van der Waals surface area (Å²) in [5.74, 6) is 0.00189. The molecule has 0 atom stereocenters. The molecule has 0 aliphatic carbocycles. The molecule has 0 N–H and O–H groups in total. The van der Waals surface area contributed by atoms with Gasteiger partial charge in [0, 0.05) is 5.39 Å². The minimum absolute atomic E-state index is 0.0711. The molecule has 0 aliphatic rings. The van der Waals surface area contributed by atoms with Crippen molar-refractivity contribution in [3.05, 3.63) is 65.9 Å². The molecule has 1 aromatic heterocycles. The lowest BCUT2D eigenvalue weighted by Gasteiger charge is -2.10. The van der Waals surface area contributed by atoms with Crippen LogP contribution in [0.1, 0.15) is 16.1 Å². The molecule has 0 radical (unpaired) electrons. The summed E-state index contributed by atoms with van der Waals surface area (Å²) >= 11 is 0. The lowest BCUT2D eigenvalue weighted by atomic mass is 10.1. The van der Waals surface area contributed by atoms with E-state index in [-0.39, 0.29) is 23.0 Å². The molecule has 0 amide bonds. The van der Waals surface area contributed by atoms with Crippen molar-refractivity contribution in [1.82, 2.24) is 0 Å². The zero-order chi connectivity index (χ0) is 17.8. The summed E-state index contributed by atoms with van der Waals surface area (Å²) in [7, 11) is 1.35. The number of methoxy groups -OCH3 is 1. The Morgan fingerprint density at radius 1 is 1.12 bits per heavy atom. The summed E-state index contributed by atoms with van der Waals surface area (Å²) < 4.78 is 39.5. The maximum Gasteiger partial charge on any atom is 0.387 e. The zero-order valence-electron chi connectivity index (χ0n) is 13.2. The first-order valence-electron chi connectivity index (χ1n) is 7.40. The number of fused-ring (bicyclic) bond motifs is 1. The van der Waals surface area contributed by atoms with E-state index >= 15 is 0 Å². The average molecular weight is 344 g/mol. The molecule has 2 aromatic carbocycles. The minimum Gasteiger partial charge on any atom is -0.493 e. The first-order valence-corrected chi connectivity index (χ1v) is 7.40. The van der Waals surface area contributed by atoms with E-state index in [9.17, 15) is 13.6 Å². The van der Waals surface area contributed by atoms with Gasteiger partial charge in [0.05, 0.1) is 7.11 Å². The molecular formula is C19H14F2O4. The molecule has 6 heteroatoms. The van der Waals surface area contributed by atoms with Crippen LogP contribution in [-0.4, -0.2) is 19.5 Å². The smallest absolute Gasteiger partial charge is 0.387 e. The number of carbonyl (C=O) groups is 1. The van der Waals surface area contributed by atoms with Crippen LogP contribution in [0.25, 0.3) is 17.0 Å². The summed E-state index contributed by atoms with van der Waals surface area (Å²) in [4.78, 5) is 12.2. The Balaban J connectivity index is 1.79. The number of hydrogen-bond acceptors (Lipinski definition) is 4. The molecular weight excluding hydrogens is 330 g/mol. The maximum absolute atomic E-state index is 12.3. The molecule has 0 fully saturated rings. The van der Waals surface area contributed by atoms with E-state index in [0.29, 0.717) is 11.1 Å². The number of ketones is 1. The van der Waals surface area contributed by atoms with Crippen molar-refractivity contribution in [2.75, 3.05) is 7.11 Å². The Bertz CT molecular complexity index is 895. The largest absolute Gasteiger partial charge is 0.493 e. The Labute approximate surface area is 142 Å². The number of hydrogen-bond donors (Lipinski definition) is 0. The van der Waals surface area contributed by atoms with Crippen LogP contribution in [0, 0.1) is 0 Å². The van der Waals surface area contributed by atoms with E-state index in [1.807, 2.05) is 18.2 Å². The SMILES string of the molecule is COc1cc(C=CC(=O)c2cc3ccccc3o2)ccc1OC(F)F. The molecule has 25 heavy (non-hydrogen) atoms. The Morgan fingerprint density at radius 3 is 2.64 bits per heavy atom. The van der Waals surface area contributed by atoms with Gasteiger partial charge in [-0.15, -0.1) is 0 Å². The number of furan rings is 1. The van der Waals surface area contributed by atoms with Crippen molar-refractivity contribution in [2.24, 2.45) is 0 Å². The van der Waals surface area contributed by atoms with Crippen molar-refractivity contribution in [3.63, 3.8) is 0 Å². The van der Waals surface area contributed by atoms with E-state index in [0.717, 1.165) is 5.39 Å². The molecule has 0 spiro atoms. The highest BCUT2D eigenvalue weighted by atomic mass is 19.3. The van der Waals surface area contributed by atoms with Gasteiger partial charge < -0.3 is 13.9 Å². The monoisotopic (exact) mass is 344 g/mol. The van der Waals surface area contributed by atoms with E-state index in [2.05, 4.69) is 4.74 Å². The summed E-state index contributed by atoms with van der Waals surface area (Å²) in [6.07, 6.45) is 2.89. The highest BCUT2D eigenvalue weighted by molar-refractivity contribution is 6.06. The molecule has 128 valence electrons. The average Bonchev–Trinajstić information content (AvgIpc) is 3.04. The van der Waals surface area contributed by atoms with Crippen LogP contribution in [0.5, 0.6) is 11.5 Å². The van der Waals surface area contributed by atoms with Gasteiger partial charge in [-0.25, -0.2) is 0 Å². The van der Waals surface area contributed by atoms with Crippen LogP contribution < -0.4 is 9.47 Å². The predicted octanol–water partition coefficient (Wildman–Crippen LogP) is 4.94. The fourth-order valence-corrected chi connectivity index (χ4v) is 2.34. The van der Waals surface area contributed by atoms with Crippen molar-refractivity contribution >= 4 is 22.8 Å². The van der Waals surface area contributed by atoms with Crippen LogP contribution in [0.2, 0.25) is 0 Å². The van der Waals surface area contributed by atoms with E-state index in [4.69, 9.17) is 9.15 Å². The van der Waals surface area contributed by atoms with Gasteiger partial charge in [-0.3, -0.25) is 4.79 Å². The van der Waals surface area contributed by atoms with E-state index in [1.54, 1.807) is 24.3 Å². The molecule has 0 bridgehead atoms. The molecule has 3 aromatic rings. The Kier molecular flexibility index (Phi) is 4.79. The van der Waals surface area contributed by atoms with Crippen molar-refractivity contribution in [2.45, 2.75) is 6.61 Å². The van der Waals surface area contributed by atoms with E-state index < -0.39 is 6.61 Å². The molecule has 1 heterocycles. The third kappa shape index (κ3) is 3.85. The molecule has 0 saturated carbocycles. The normalized spacial score (nSPS) is 11.4. The predicted molar refractivity (Wildman–Crippen MR) is 89.2 cm³/mol. The van der Waals surface area contributed by atoms with Crippen LogP contribution in [-0.2, 0) is 0 Å². The fraction of sp³-hybridized carbons (Fsp3) is 0.105. The number of benzene rings is 2. The number of carbonyl (C=O) groups excluding carboxylic acids is 1. The van der Waals surface area contributed by atoms with Gasteiger partial charge in [-0.05, 0) is 35.9 Å². The van der Waals surface area contributed by atoms with Crippen LogP contribution in [0.4, 0.5) is 8.78 Å². The van der Waals surface area contributed by atoms with E-state index in [1.165, 1.54) is 25.3 Å². The quantitative estimate of drug-likeness (QED) is 0.469. The van der Waals surface area contributed by atoms with Gasteiger partial charge in [-0.2, -0.15) is 8.78 Å². The maximum atomic E-state index is 12.3. The number of para-hydroxylation sites is 1. The van der Waals surface area contributed by atoms with Crippen LogP contribution in [0.3, 0.4) is 0 Å². The fourth-order valence-electron chi connectivity index (χ4n) is 2.34. The molecule has 0 saturated heterocycles. The van der Waals surface area contributed by atoms with Crippen molar-refractivity contribution in [1.29, 1.82) is 0 Å². The molecule has 0 unspecified atom stereocenters. The number of ether oxygens (including phenoxy) is 2. The lowest BCUT2D eigenvalue weighted by molar-refractivity contribution is -0.0512. The standard InChI is InChI=1S/C19H14F2O4/c1-23-18-10-12(7-9-16(18)25-19(20)21)6-8-14(22)17-11-13-4-2-3-5-15(13)24-17/h2-11,19H,1H3. The second kappa shape index (κ2) is 7.17. The second-order valence-electron chi connectivity index (χ2n) is 5.13. The second-order valence-corrected chi connectivity index (χ2v) is 5.13. The topological polar surface area (TPSA) is 48.7 Å². The Morgan fingerprint density at radius 2 is 1.92 bits per heavy atom. The van der Waals surface area contributed by atoms with Crippen molar-refractivity contribution < 1.29 is 27.5 Å². The molecule has 0 aliphatic heterocycles. The molecule has 3 rings (SSSR count). The third-order valence-electron chi connectivity index (χ3n) is 3.50. The number of alkyl halides is 2. The highest BCUT2D eigenvalue weighted by Crippen LogP contribution is 2.30. The van der Waals surface area contributed by atoms with Gasteiger partial charge in [-0.1, -0.05) is 30.3 Å². The zero-order valence-corrected chi connectivity index (χ0v) is 13.2. The van der Waals surface area contributed by atoms with Gasteiger partial charge in [0.2, 0.25) is 5.78 Å². The van der Waals surface area contributed by atoms with Gasteiger partial charge >= 0.3 is 6.61 Å².